The SMILES string of the molecule is Nc1ccc2c(=O)c3c(oc2c1)/C(=C/c1ccc(Cl)cc1)CC3. The van der Waals surface area contributed by atoms with Crippen LogP contribution in [0.4, 0.5) is 5.69 Å². The summed E-state index contributed by atoms with van der Waals surface area (Å²) in [5.74, 6) is 0.683. The molecule has 0 amide bonds. The van der Waals surface area contributed by atoms with Crippen molar-refractivity contribution in [2.45, 2.75) is 12.8 Å². The Labute approximate surface area is 138 Å². The minimum absolute atomic E-state index is 0.0424. The molecule has 0 spiro atoms. The number of benzene rings is 2. The summed E-state index contributed by atoms with van der Waals surface area (Å²) in [6.07, 6.45) is 3.54. The van der Waals surface area contributed by atoms with E-state index < -0.39 is 0 Å². The molecule has 0 radical (unpaired) electrons. The normalized spacial score (nSPS) is 15.3. The molecule has 2 aromatic carbocycles. The quantitative estimate of drug-likeness (QED) is 0.670. The highest BCUT2D eigenvalue weighted by atomic mass is 35.5. The third-order valence-electron chi connectivity index (χ3n) is 4.16. The van der Waals surface area contributed by atoms with Gasteiger partial charge in [-0.3, -0.25) is 4.79 Å². The van der Waals surface area contributed by atoms with Crippen LogP contribution in [0.2, 0.25) is 5.02 Å². The first-order chi connectivity index (χ1) is 11.1. The molecule has 1 aliphatic rings. The molecule has 0 saturated carbocycles. The number of hydrogen-bond acceptors (Lipinski definition) is 3. The maximum Gasteiger partial charge on any atom is 0.196 e. The van der Waals surface area contributed by atoms with Crippen molar-refractivity contribution in [2.24, 2.45) is 0 Å². The lowest BCUT2D eigenvalue weighted by Crippen LogP contribution is -2.08. The topological polar surface area (TPSA) is 56.2 Å². The van der Waals surface area contributed by atoms with Crippen molar-refractivity contribution in [1.82, 2.24) is 0 Å². The van der Waals surface area contributed by atoms with Crippen LogP contribution in [0.15, 0.2) is 51.7 Å². The van der Waals surface area contributed by atoms with Crippen LogP contribution in [0.3, 0.4) is 0 Å². The van der Waals surface area contributed by atoms with Gasteiger partial charge in [-0.25, -0.2) is 0 Å². The summed E-state index contributed by atoms with van der Waals surface area (Å²) in [4.78, 5) is 12.6. The van der Waals surface area contributed by atoms with Gasteiger partial charge in [-0.15, -0.1) is 0 Å². The fraction of sp³-hybridized carbons (Fsp3) is 0.105. The molecule has 0 saturated heterocycles. The predicted molar refractivity (Wildman–Crippen MR) is 94.5 cm³/mol. The third-order valence-corrected chi connectivity index (χ3v) is 4.41. The summed E-state index contributed by atoms with van der Waals surface area (Å²) in [6, 6.07) is 12.8. The fourth-order valence-electron chi connectivity index (χ4n) is 3.01. The highest BCUT2D eigenvalue weighted by Gasteiger charge is 2.23. The maximum atomic E-state index is 12.6. The Kier molecular flexibility index (Phi) is 3.24. The second kappa shape index (κ2) is 5.28. The largest absolute Gasteiger partial charge is 0.456 e. The number of rotatable bonds is 1. The van der Waals surface area contributed by atoms with Gasteiger partial charge in [-0.1, -0.05) is 23.7 Å². The van der Waals surface area contributed by atoms with E-state index in [1.807, 2.05) is 30.3 Å². The molecule has 3 nitrogen and oxygen atoms in total. The van der Waals surface area contributed by atoms with Crippen molar-refractivity contribution < 1.29 is 4.42 Å². The Morgan fingerprint density at radius 3 is 2.65 bits per heavy atom. The van der Waals surface area contributed by atoms with E-state index in [1.165, 1.54) is 0 Å². The van der Waals surface area contributed by atoms with Gasteiger partial charge in [0.05, 0.1) is 5.39 Å². The average Bonchev–Trinajstić information content (AvgIpc) is 2.93. The van der Waals surface area contributed by atoms with E-state index in [2.05, 4.69) is 0 Å². The summed E-state index contributed by atoms with van der Waals surface area (Å²) in [5, 5.41) is 1.29. The molecule has 3 aromatic rings. The molecular formula is C19H14ClNO2. The van der Waals surface area contributed by atoms with Crippen LogP contribution in [0.25, 0.3) is 22.6 Å². The van der Waals surface area contributed by atoms with Gasteiger partial charge in [0.2, 0.25) is 0 Å². The lowest BCUT2D eigenvalue weighted by atomic mass is 10.1. The summed E-state index contributed by atoms with van der Waals surface area (Å²) in [6.45, 7) is 0. The molecule has 4 rings (SSSR count). The number of halogens is 1. The van der Waals surface area contributed by atoms with E-state index in [9.17, 15) is 4.79 Å². The minimum atomic E-state index is 0.0424. The van der Waals surface area contributed by atoms with Crippen LogP contribution >= 0.6 is 11.6 Å². The van der Waals surface area contributed by atoms with Crippen molar-refractivity contribution in [1.29, 1.82) is 0 Å². The number of fused-ring (bicyclic) bond motifs is 2. The lowest BCUT2D eigenvalue weighted by molar-refractivity contribution is 0.585. The molecule has 1 aromatic heterocycles. The lowest BCUT2D eigenvalue weighted by Gasteiger charge is -2.05. The molecule has 0 fully saturated rings. The predicted octanol–water partition coefficient (Wildman–Crippen LogP) is 4.52. The van der Waals surface area contributed by atoms with Gasteiger partial charge in [0.1, 0.15) is 11.3 Å². The van der Waals surface area contributed by atoms with Gasteiger partial charge in [0, 0.05) is 22.3 Å². The molecule has 1 aliphatic carbocycles. The second-order valence-electron chi connectivity index (χ2n) is 5.72. The number of hydrogen-bond donors (Lipinski definition) is 1. The van der Waals surface area contributed by atoms with E-state index in [4.69, 9.17) is 21.8 Å². The number of allylic oxidation sites excluding steroid dienone is 1. The molecular weight excluding hydrogens is 310 g/mol. The van der Waals surface area contributed by atoms with E-state index in [-0.39, 0.29) is 5.43 Å². The van der Waals surface area contributed by atoms with Crippen molar-refractivity contribution >= 4 is 39.9 Å². The first-order valence-electron chi connectivity index (χ1n) is 7.43. The van der Waals surface area contributed by atoms with E-state index in [0.717, 1.165) is 23.1 Å². The zero-order chi connectivity index (χ0) is 16.0. The Hall–Kier alpha value is -2.52. The summed E-state index contributed by atoms with van der Waals surface area (Å²) in [7, 11) is 0. The van der Waals surface area contributed by atoms with Gasteiger partial charge in [0.25, 0.3) is 0 Å². The van der Waals surface area contributed by atoms with Gasteiger partial charge in [-0.05, 0) is 54.3 Å². The van der Waals surface area contributed by atoms with Crippen LogP contribution in [0, 0.1) is 0 Å². The van der Waals surface area contributed by atoms with Gasteiger partial charge < -0.3 is 10.2 Å². The first-order valence-corrected chi connectivity index (χ1v) is 7.81. The van der Waals surface area contributed by atoms with E-state index >= 15 is 0 Å². The molecule has 0 bridgehead atoms. The number of nitrogen functional groups attached to an aromatic ring is 1. The minimum Gasteiger partial charge on any atom is -0.456 e. The molecule has 0 atom stereocenters. The summed E-state index contributed by atoms with van der Waals surface area (Å²) < 4.78 is 6.00. The Morgan fingerprint density at radius 2 is 1.87 bits per heavy atom. The number of anilines is 1. The van der Waals surface area contributed by atoms with Gasteiger partial charge in [-0.2, -0.15) is 0 Å². The second-order valence-corrected chi connectivity index (χ2v) is 6.15. The Morgan fingerprint density at radius 1 is 1.09 bits per heavy atom. The van der Waals surface area contributed by atoms with Crippen LogP contribution in [0.1, 0.15) is 23.3 Å². The van der Waals surface area contributed by atoms with Crippen LogP contribution < -0.4 is 11.2 Å². The molecule has 0 unspecified atom stereocenters. The van der Waals surface area contributed by atoms with Crippen LogP contribution in [-0.2, 0) is 6.42 Å². The monoisotopic (exact) mass is 323 g/mol. The molecule has 1 heterocycles. The Bertz CT molecular complexity index is 1000. The summed E-state index contributed by atoms with van der Waals surface area (Å²) in [5.41, 5.74) is 9.79. The highest BCUT2D eigenvalue weighted by Crippen LogP contribution is 2.34. The van der Waals surface area contributed by atoms with Crippen molar-refractivity contribution in [3.63, 3.8) is 0 Å². The van der Waals surface area contributed by atoms with Gasteiger partial charge in [0.15, 0.2) is 5.43 Å². The standard InChI is InChI=1S/C19H14ClNO2/c20-13-4-1-11(2-5-13)9-12-3-7-16-18(22)15-8-6-14(21)10-17(15)23-19(12)16/h1-2,4-6,8-10H,3,7,21H2/b12-9+. The van der Waals surface area contributed by atoms with E-state index in [0.29, 0.717) is 33.9 Å². The smallest absolute Gasteiger partial charge is 0.196 e. The third kappa shape index (κ3) is 2.43. The molecule has 23 heavy (non-hydrogen) atoms. The zero-order valence-corrected chi connectivity index (χ0v) is 13.1. The fourth-order valence-corrected chi connectivity index (χ4v) is 3.13. The van der Waals surface area contributed by atoms with Crippen LogP contribution in [-0.4, -0.2) is 0 Å². The zero-order valence-electron chi connectivity index (χ0n) is 12.3. The first kappa shape index (κ1) is 14.1. The van der Waals surface area contributed by atoms with Crippen LogP contribution in [0.5, 0.6) is 0 Å². The van der Waals surface area contributed by atoms with Gasteiger partial charge >= 0.3 is 0 Å². The van der Waals surface area contributed by atoms with E-state index in [1.54, 1.807) is 18.2 Å². The molecule has 2 N–H and O–H groups in total. The number of nitrogens with two attached hydrogens (primary N) is 1. The molecule has 4 heteroatoms. The highest BCUT2D eigenvalue weighted by molar-refractivity contribution is 6.30. The maximum absolute atomic E-state index is 12.6. The van der Waals surface area contributed by atoms with Crippen molar-refractivity contribution in [2.75, 3.05) is 5.73 Å². The molecule has 0 aliphatic heterocycles. The van der Waals surface area contributed by atoms with Crippen molar-refractivity contribution in [3.05, 3.63) is 74.6 Å². The Balaban J connectivity index is 1.89. The average molecular weight is 324 g/mol. The molecule has 114 valence electrons. The summed E-state index contributed by atoms with van der Waals surface area (Å²) >= 11 is 5.92. The van der Waals surface area contributed by atoms with Crippen molar-refractivity contribution in [3.8, 4) is 0 Å².